The molecule has 1 amide bonds. The van der Waals surface area contributed by atoms with Gasteiger partial charge >= 0.3 is 5.97 Å². The van der Waals surface area contributed by atoms with Crippen molar-refractivity contribution in [2.45, 2.75) is 39.2 Å². The molecule has 0 aromatic heterocycles. The van der Waals surface area contributed by atoms with E-state index in [4.69, 9.17) is 4.74 Å². The number of benzene rings is 1. The van der Waals surface area contributed by atoms with Crippen LogP contribution in [0.2, 0.25) is 0 Å². The molecule has 4 heteroatoms. The molecule has 0 spiro atoms. The van der Waals surface area contributed by atoms with Gasteiger partial charge in [-0.15, -0.1) is 13.2 Å². The van der Waals surface area contributed by atoms with Crippen LogP contribution in [0.25, 0.3) is 0 Å². The van der Waals surface area contributed by atoms with Crippen LogP contribution in [0.4, 0.5) is 0 Å². The fraction of sp³-hybridized carbons (Fsp3) is 0.400. The Bertz CT molecular complexity index is 566. The molecule has 1 rings (SSSR count). The van der Waals surface area contributed by atoms with Crippen molar-refractivity contribution in [2.75, 3.05) is 6.61 Å². The number of allylic oxidation sites excluding steroid dienone is 2. The summed E-state index contributed by atoms with van der Waals surface area (Å²) in [4.78, 5) is 24.1. The predicted octanol–water partition coefficient (Wildman–Crippen LogP) is 3.96. The summed E-state index contributed by atoms with van der Waals surface area (Å²) in [6.07, 6.45) is 3.28. The Morgan fingerprint density at radius 1 is 1.25 bits per heavy atom. The molecule has 2 atom stereocenters. The van der Waals surface area contributed by atoms with Crippen LogP contribution in [0.3, 0.4) is 0 Å². The molecule has 0 aliphatic carbocycles. The molecule has 4 nitrogen and oxygen atoms in total. The maximum absolute atomic E-state index is 12.1. The lowest BCUT2D eigenvalue weighted by atomic mass is 10.1. The zero-order valence-electron chi connectivity index (χ0n) is 14.6. The highest BCUT2D eigenvalue weighted by Crippen LogP contribution is 2.15. The lowest BCUT2D eigenvalue weighted by molar-refractivity contribution is -0.149. The molecular weight excluding hydrogens is 302 g/mol. The third-order valence-corrected chi connectivity index (χ3v) is 3.63. The Hall–Kier alpha value is -2.36. The van der Waals surface area contributed by atoms with E-state index in [1.54, 1.807) is 13.0 Å². The predicted molar refractivity (Wildman–Crippen MR) is 96.3 cm³/mol. The molecule has 1 N–H and O–H groups in total. The van der Waals surface area contributed by atoms with Gasteiger partial charge < -0.3 is 10.1 Å². The Balaban J connectivity index is 2.69. The summed E-state index contributed by atoms with van der Waals surface area (Å²) in [6, 6.07) is 9.15. The minimum absolute atomic E-state index is 0.0814. The van der Waals surface area contributed by atoms with Crippen LogP contribution in [0.1, 0.15) is 44.7 Å². The molecule has 0 saturated heterocycles. The Kier molecular flexibility index (Phi) is 8.55. The zero-order chi connectivity index (χ0) is 17.9. The monoisotopic (exact) mass is 329 g/mol. The third-order valence-electron chi connectivity index (χ3n) is 3.63. The van der Waals surface area contributed by atoms with Crippen molar-refractivity contribution in [1.29, 1.82) is 0 Å². The minimum atomic E-state index is -0.358. The van der Waals surface area contributed by atoms with Gasteiger partial charge in [-0.3, -0.25) is 9.59 Å². The third kappa shape index (κ3) is 7.27. The van der Waals surface area contributed by atoms with E-state index in [-0.39, 0.29) is 30.4 Å². The Morgan fingerprint density at radius 2 is 1.92 bits per heavy atom. The van der Waals surface area contributed by atoms with Crippen molar-refractivity contribution in [1.82, 2.24) is 5.32 Å². The van der Waals surface area contributed by atoms with E-state index >= 15 is 0 Å². The second kappa shape index (κ2) is 10.4. The first kappa shape index (κ1) is 19.7. The van der Waals surface area contributed by atoms with E-state index in [9.17, 15) is 9.59 Å². The highest BCUT2D eigenvalue weighted by molar-refractivity contribution is 5.77. The number of ether oxygens (including phenoxy) is 1. The quantitative estimate of drug-likeness (QED) is 0.522. The summed E-state index contributed by atoms with van der Waals surface area (Å²) in [6.45, 7) is 11.2. The largest absolute Gasteiger partial charge is 0.463 e. The van der Waals surface area contributed by atoms with Gasteiger partial charge in [-0.05, 0) is 25.3 Å². The highest BCUT2D eigenvalue weighted by atomic mass is 16.5. The molecule has 0 heterocycles. The number of carbonyl (C=O) groups is 2. The molecular formula is C20H27NO3. The van der Waals surface area contributed by atoms with Crippen molar-refractivity contribution < 1.29 is 14.3 Å². The number of esters is 1. The van der Waals surface area contributed by atoms with Crippen LogP contribution >= 0.6 is 0 Å². The van der Waals surface area contributed by atoms with Gasteiger partial charge in [0.25, 0.3) is 0 Å². The van der Waals surface area contributed by atoms with Crippen LogP contribution in [-0.2, 0) is 14.3 Å². The topological polar surface area (TPSA) is 55.4 Å². The van der Waals surface area contributed by atoms with Crippen LogP contribution in [0.5, 0.6) is 0 Å². The summed E-state index contributed by atoms with van der Waals surface area (Å²) >= 11 is 0. The summed E-state index contributed by atoms with van der Waals surface area (Å²) in [5, 5.41) is 2.94. The van der Waals surface area contributed by atoms with Crippen molar-refractivity contribution in [3.05, 3.63) is 60.7 Å². The molecule has 0 fully saturated rings. The van der Waals surface area contributed by atoms with E-state index in [0.29, 0.717) is 19.3 Å². The molecule has 0 bridgehead atoms. The Labute approximate surface area is 144 Å². The van der Waals surface area contributed by atoms with Crippen molar-refractivity contribution >= 4 is 11.9 Å². The average Bonchev–Trinajstić information content (AvgIpc) is 2.57. The molecule has 24 heavy (non-hydrogen) atoms. The van der Waals surface area contributed by atoms with Crippen LogP contribution in [-0.4, -0.2) is 18.5 Å². The van der Waals surface area contributed by atoms with E-state index in [1.807, 2.05) is 37.3 Å². The molecule has 1 unspecified atom stereocenters. The molecule has 1 aromatic rings. The first-order chi connectivity index (χ1) is 11.4. The fourth-order valence-corrected chi connectivity index (χ4v) is 2.15. The smallest absolute Gasteiger partial charge is 0.309 e. The molecule has 0 aliphatic rings. The molecule has 130 valence electrons. The van der Waals surface area contributed by atoms with Crippen LogP contribution < -0.4 is 5.32 Å². The van der Waals surface area contributed by atoms with E-state index in [1.165, 1.54) is 0 Å². The van der Waals surface area contributed by atoms with Gasteiger partial charge in [0.1, 0.15) is 6.61 Å². The number of amides is 1. The lowest BCUT2D eigenvalue weighted by Crippen LogP contribution is -2.32. The van der Waals surface area contributed by atoms with Crippen molar-refractivity contribution in [3.8, 4) is 0 Å². The Morgan fingerprint density at radius 3 is 2.50 bits per heavy atom. The molecule has 0 aliphatic heterocycles. The molecule has 0 saturated carbocycles. The first-order valence-corrected chi connectivity index (χ1v) is 8.20. The summed E-state index contributed by atoms with van der Waals surface area (Å²) < 4.78 is 5.38. The molecule has 0 radical (unpaired) electrons. The van der Waals surface area contributed by atoms with Gasteiger partial charge in [0.05, 0.1) is 12.0 Å². The zero-order valence-corrected chi connectivity index (χ0v) is 14.6. The van der Waals surface area contributed by atoms with Crippen LogP contribution in [0, 0.1) is 5.92 Å². The van der Waals surface area contributed by atoms with Gasteiger partial charge in [0.2, 0.25) is 5.91 Å². The summed E-state index contributed by atoms with van der Waals surface area (Å²) in [7, 11) is 0. The number of rotatable bonds is 10. The average molecular weight is 329 g/mol. The van der Waals surface area contributed by atoms with Gasteiger partial charge in [0, 0.05) is 6.42 Å². The normalized spacial score (nSPS) is 12.8. The van der Waals surface area contributed by atoms with E-state index in [0.717, 1.165) is 11.1 Å². The summed E-state index contributed by atoms with van der Waals surface area (Å²) in [5.74, 6) is -0.605. The van der Waals surface area contributed by atoms with Crippen LogP contribution in [0.15, 0.2) is 55.1 Å². The fourth-order valence-electron chi connectivity index (χ4n) is 2.15. The molecule has 1 aromatic carbocycles. The number of nitrogens with one attached hydrogen (secondary N) is 1. The van der Waals surface area contributed by atoms with Gasteiger partial charge in [-0.2, -0.15) is 0 Å². The second-order valence-corrected chi connectivity index (χ2v) is 6.04. The highest BCUT2D eigenvalue weighted by Gasteiger charge is 2.19. The van der Waals surface area contributed by atoms with Gasteiger partial charge in [-0.25, -0.2) is 0 Å². The first-order valence-electron chi connectivity index (χ1n) is 8.20. The maximum Gasteiger partial charge on any atom is 0.309 e. The minimum Gasteiger partial charge on any atom is -0.463 e. The standard InChI is InChI=1S/C20H27NO3/c1-5-9-16(4)20(23)24-14-18(17-10-7-6-8-11-17)21-19(22)13-12-15(2)3/h5-8,10-11,16,18H,1-2,9,12-14H2,3-4H3,(H,21,22)/t16?,18-/m0/s1. The maximum atomic E-state index is 12.1. The van der Waals surface area contributed by atoms with Crippen molar-refractivity contribution in [2.24, 2.45) is 5.92 Å². The number of carbonyl (C=O) groups excluding carboxylic acids is 2. The SMILES string of the molecule is C=CCC(C)C(=O)OC[C@H](NC(=O)CCC(=C)C)c1ccccc1. The van der Waals surface area contributed by atoms with E-state index in [2.05, 4.69) is 18.5 Å². The van der Waals surface area contributed by atoms with Gasteiger partial charge in [0.15, 0.2) is 0 Å². The number of hydrogen-bond acceptors (Lipinski definition) is 3. The second-order valence-electron chi connectivity index (χ2n) is 6.04. The number of hydrogen-bond donors (Lipinski definition) is 1. The van der Waals surface area contributed by atoms with Crippen molar-refractivity contribution in [3.63, 3.8) is 0 Å². The lowest BCUT2D eigenvalue weighted by Gasteiger charge is -2.20. The van der Waals surface area contributed by atoms with Gasteiger partial charge in [-0.1, -0.05) is 48.9 Å². The van der Waals surface area contributed by atoms with E-state index < -0.39 is 0 Å². The summed E-state index contributed by atoms with van der Waals surface area (Å²) in [5.41, 5.74) is 1.87.